The maximum Gasteiger partial charge on any atom is 0.250 e. The molecular formula is C21H29N3O3. The summed E-state index contributed by atoms with van der Waals surface area (Å²) in [7, 11) is 0. The molecule has 2 amide bonds. The van der Waals surface area contributed by atoms with Crippen molar-refractivity contribution >= 4 is 11.8 Å². The minimum atomic E-state index is 0.0602. The summed E-state index contributed by atoms with van der Waals surface area (Å²) in [6, 6.07) is 5.44. The highest BCUT2D eigenvalue weighted by Gasteiger charge is 2.36. The fourth-order valence-electron chi connectivity index (χ4n) is 4.95. The van der Waals surface area contributed by atoms with Crippen molar-refractivity contribution in [3.8, 4) is 0 Å². The summed E-state index contributed by atoms with van der Waals surface area (Å²) in [5.74, 6) is 0.775. The summed E-state index contributed by atoms with van der Waals surface area (Å²) in [5, 5.41) is 0. The number of rotatable bonds is 3. The molecule has 0 radical (unpaired) electrons. The van der Waals surface area contributed by atoms with Crippen LogP contribution < -0.4 is 5.56 Å². The summed E-state index contributed by atoms with van der Waals surface area (Å²) in [6.07, 6.45) is 6.21. The molecular weight excluding hydrogens is 342 g/mol. The van der Waals surface area contributed by atoms with Gasteiger partial charge < -0.3 is 14.4 Å². The van der Waals surface area contributed by atoms with Gasteiger partial charge in [0.2, 0.25) is 11.8 Å². The summed E-state index contributed by atoms with van der Waals surface area (Å²) in [6.45, 7) is 3.74. The number of pyridine rings is 1. The second kappa shape index (κ2) is 7.87. The van der Waals surface area contributed by atoms with E-state index in [0.717, 1.165) is 38.0 Å². The minimum Gasteiger partial charge on any atom is -0.343 e. The highest BCUT2D eigenvalue weighted by Crippen LogP contribution is 2.35. The largest absolute Gasteiger partial charge is 0.343 e. The molecule has 6 nitrogen and oxygen atoms in total. The van der Waals surface area contributed by atoms with Gasteiger partial charge in [-0.05, 0) is 31.2 Å². The first kappa shape index (κ1) is 18.3. The van der Waals surface area contributed by atoms with Crippen LogP contribution in [0.4, 0.5) is 0 Å². The third-order valence-corrected chi connectivity index (χ3v) is 6.34. The zero-order valence-corrected chi connectivity index (χ0v) is 15.9. The number of nitrogens with zero attached hydrogens (tertiary/aromatic N) is 3. The molecule has 3 aliphatic heterocycles. The number of amides is 2. The lowest BCUT2D eigenvalue weighted by Gasteiger charge is -2.42. The van der Waals surface area contributed by atoms with E-state index in [9.17, 15) is 14.4 Å². The minimum absolute atomic E-state index is 0.0602. The van der Waals surface area contributed by atoms with Crippen LogP contribution in [0.3, 0.4) is 0 Å². The number of likely N-dealkylation sites (tertiary alicyclic amines) is 2. The van der Waals surface area contributed by atoms with Crippen molar-refractivity contribution in [2.24, 2.45) is 5.92 Å². The topological polar surface area (TPSA) is 62.6 Å². The monoisotopic (exact) mass is 371 g/mol. The fourth-order valence-corrected chi connectivity index (χ4v) is 4.95. The van der Waals surface area contributed by atoms with Crippen molar-refractivity contribution in [2.45, 2.75) is 57.4 Å². The van der Waals surface area contributed by atoms with Crippen LogP contribution in [-0.2, 0) is 16.1 Å². The Balaban J connectivity index is 1.35. The van der Waals surface area contributed by atoms with Crippen molar-refractivity contribution in [3.63, 3.8) is 0 Å². The zero-order valence-electron chi connectivity index (χ0n) is 15.9. The Hall–Kier alpha value is -2.11. The zero-order chi connectivity index (χ0) is 18.8. The van der Waals surface area contributed by atoms with Crippen molar-refractivity contribution in [2.75, 3.05) is 26.2 Å². The number of fused-ring (bicyclic) bond motifs is 4. The molecule has 2 fully saturated rings. The number of hydrogen-bond donors (Lipinski definition) is 0. The molecule has 0 N–H and O–H groups in total. The van der Waals surface area contributed by atoms with Crippen LogP contribution in [0.15, 0.2) is 23.0 Å². The van der Waals surface area contributed by atoms with E-state index in [1.165, 1.54) is 12.8 Å². The summed E-state index contributed by atoms with van der Waals surface area (Å²) in [4.78, 5) is 41.2. The number of aromatic nitrogens is 1. The normalized spacial score (nSPS) is 24.9. The summed E-state index contributed by atoms with van der Waals surface area (Å²) in [5.41, 5.74) is 1.11. The molecule has 4 heterocycles. The second-order valence-corrected chi connectivity index (χ2v) is 8.29. The molecule has 2 saturated heterocycles. The van der Waals surface area contributed by atoms with Crippen LogP contribution in [0.1, 0.15) is 56.6 Å². The molecule has 0 saturated carbocycles. The first-order valence-electron chi connectivity index (χ1n) is 10.4. The molecule has 27 heavy (non-hydrogen) atoms. The van der Waals surface area contributed by atoms with E-state index in [4.69, 9.17) is 0 Å². The average molecular weight is 371 g/mol. The van der Waals surface area contributed by atoms with E-state index >= 15 is 0 Å². The van der Waals surface area contributed by atoms with Crippen LogP contribution >= 0.6 is 0 Å². The van der Waals surface area contributed by atoms with E-state index < -0.39 is 0 Å². The third kappa shape index (κ3) is 3.94. The Bertz CT molecular complexity index is 764. The molecule has 2 atom stereocenters. The van der Waals surface area contributed by atoms with Crippen LogP contribution in [0.5, 0.6) is 0 Å². The lowest BCUT2D eigenvalue weighted by atomic mass is 9.83. The van der Waals surface area contributed by atoms with Crippen molar-refractivity contribution < 1.29 is 9.59 Å². The fraction of sp³-hybridized carbons (Fsp3) is 0.667. The third-order valence-electron chi connectivity index (χ3n) is 6.34. The first-order valence-corrected chi connectivity index (χ1v) is 10.4. The Kier molecular flexibility index (Phi) is 5.32. The maximum absolute atomic E-state index is 12.7. The molecule has 3 aliphatic rings. The van der Waals surface area contributed by atoms with Crippen LogP contribution in [0.2, 0.25) is 0 Å². The predicted molar refractivity (Wildman–Crippen MR) is 102 cm³/mol. The maximum atomic E-state index is 12.7. The lowest BCUT2D eigenvalue weighted by molar-refractivity contribution is -0.138. The van der Waals surface area contributed by atoms with Gasteiger partial charge in [-0.15, -0.1) is 0 Å². The highest BCUT2D eigenvalue weighted by atomic mass is 16.2. The van der Waals surface area contributed by atoms with E-state index in [0.29, 0.717) is 38.4 Å². The molecule has 2 unspecified atom stereocenters. The Labute approximate surface area is 160 Å². The summed E-state index contributed by atoms with van der Waals surface area (Å²) < 4.78 is 1.88. The smallest absolute Gasteiger partial charge is 0.250 e. The lowest BCUT2D eigenvalue weighted by Crippen LogP contribution is -2.49. The van der Waals surface area contributed by atoms with Gasteiger partial charge in [-0.1, -0.05) is 18.9 Å². The molecule has 0 aromatic carbocycles. The number of carbonyl (C=O) groups excluding carboxylic acids is 2. The average Bonchev–Trinajstić information content (AvgIpc) is 2.96. The molecule has 2 bridgehead atoms. The van der Waals surface area contributed by atoms with Gasteiger partial charge in [-0.2, -0.15) is 0 Å². The summed E-state index contributed by atoms with van der Waals surface area (Å²) >= 11 is 0. The van der Waals surface area contributed by atoms with E-state index in [1.54, 1.807) is 6.07 Å². The Morgan fingerprint density at radius 3 is 2.33 bits per heavy atom. The molecule has 0 aliphatic carbocycles. The number of piperidine rings is 1. The van der Waals surface area contributed by atoms with Gasteiger partial charge >= 0.3 is 0 Å². The van der Waals surface area contributed by atoms with Gasteiger partial charge in [-0.25, -0.2) is 0 Å². The molecule has 0 spiro atoms. The van der Waals surface area contributed by atoms with Crippen molar-refractivity contribution in [1.29, 1.82) is 0 Å². The van der Waals surface area contributed by atoms with Crippen molar-refractivity contribution in [3.05, 3.63) is 34.2 Å². The van der Waals surface area contributed by atoms with Gasteiger partial charge in [0.15, 0.2) is 0 Å². The van der Waals surface area contributed by atoms with Crippen LogP contribution in [-0.4, -0.2) is 52.4 Å². The standard InChI is InChI=1S/C21H29N3O3/c25-19(22-10-3-1-2-4-11-22)8-9-20(26)23-13-16-12-17(15-23)18-6-5-7-21(27)24(18)14-16/h5-7,16-17H,1-4,8-15H2. The second-order valence-electron chi connectivity index (χ2n) is 8.29. The van der Waals surface area contributed by atoms with Gasteiger partial charge in [0.25, 0.3) is 5.56 Å². The predicted octanol–water partition coefficient (Wildman–Crippen LogP) is 1.98. The molecule has 1 aromatic rings. The molecule has 146 valence electrons. The van der Waals surface area contributed by atoms with E-state index in [2.05, 4.69) is 0 Å². The van der Waals surface area contributed by atoms with Gasteiger partial charge in [0.05, 0.1) is 0 Å². The molecule has 6 heteroatoms. The Morgan fingerprint density at radius 2 is 1.59 bits per heavy atom. The Morgan fingerprint density at radius 1 is 0.889 bits per heavy atom. The van der Waals surface area contributed by atoms with E-state index in [-0.39, 0.29) is 23.3 Å². The number of hydrogen-bond acceptors (Lipinski definition) is 3. The van der Waals surface area contributed by atoms with Crippen LogP contribution in [0, 0.1) is 5.92 Å². The molecule has 1 aromatic heterocycles. The van der Waals surface area contributed by atoms with E-state index in [1.807, 2.05) is 26.5 Å². The van der Waals surface area contributed by atoms with Crippen molar-refractivity contribution in [1.82, 2.24) is 14.4 Å². The quantitative estimate of drug-likeness (QED) is 0.816. The molecule has 4 rings (SSSR count). The van der Waals surface area contributed by atoms with Gasteiger partial charge in [0.1, 0.15) is 0 Å². The van der Waals surface area contributed by atoms with Gasteiger partial charge in [0, 0.05) is 63.2 Å². The highest BCUT2D eigenvalue weighted by molar-refractivity contribution is 5.84. The SMILES string of the molecule is O=C(CCC(=O)N1CC2CC(C1)c1cccc(=O)n1C2)N1CCCCCC1. The number of carbonyl (C=O) groups is 2. The van der Waals surface area contributed by atoms with Crippen LogP contribution in [0.25, 0.3) is 0 Å². The van der Waals surface area contributed by atoms with Gasteiger partial charge in [-0.3, -0.25) is 14.4 Å². The first-order chi connectivity index (χ1) is 13.1.